The summed E-state index contributed by atoms with van der Waals surface area (Å²) < 4.78 is 10.6. The lowest BCUT2D eigenvalue weighted by molar-refractivity contribution is 0.565. The molecule has 2 heterocycles. The Morgan fingerprint density at radius 1 is 0.500 bits per heavy atom. The fourth-order valence-corrected chi connectivity index (χ4v) is 3.22. The minimum absolute atomic E-state index is 1.10. The average Bonchev–Trinajstić information content (AvgIpc) is 3.33. The zero-order chi connectivity index (χ0) is 19.3. The van der Waals surface area contributed by atoms with E-state index in [-0.39, 0.29) is 0 Å². The number of rotatable bonds is 5. The van der Waals surface area contributed by atoms with Gasteiger partial charge in [-0.2, -0.15) is 0 Å². The third-order valence-electron chi connectivity index (χ3n) is 4.89. The molecule has 0 fully saturated rings. The highest BCUT2D eigenvalue weighted by Crippen LogP contribution is 2.30. The normalized spacial score (nSPS) is 11.6. The van der Waals surface area contributed by atoms with Crippen LogP contribution >= 0.6 is 0 Å². The van der Waals surface area contributed by atoms with Crippen LogP contribution in [0.1, 0.15) is 33.4 Å². The smallest absolute Gasteiger partial charge is 0.0977 e. The van der Waals surface area contributed by atoms with Gasteiger partial charge in [0.05, 0.1) is 25.1 Å². The van der Waals surface area contributed by atoms with Crippen molar-refractivity contribution in [1.82, 2.24) is 0 Å². The maximum absolute atomic E-state index is 5.28. The highest BCUT2D eigenvalue weighted by molar-refractivity contribution is 5.87. The number of benzene rings is 2. The SMILES string of the molecule is Cc1cocc1/C=C\c1ccccc1-c1ccccc1/C=C/c1cocc1C. The molecule has 0 N–H and O–H groups in total. The number of aryl methyl sites for hydroxylation is 2. The standard InChI is InChI=1S/C26H22O2/c1-19-15-27-17-23(19)13-11-21-7-3-5-9-25(21)26-10-6-4-8-22(26)12-14-24-18-28-16-20(24)2/h3-18H,1-2H3/b13-11-,14-12+. The summed E-state index contributed by atoms with van der Waals surface area (Å²) in [6, 6.07) is 16.9. The third-order valence-corrected chi connectivity index (χ3v) is 4.89. The van der Waals surface area contributed by atoms with Crippen LogP contribution in [0.5, 0.6) is 0 Å². The predicted octanol–water partition coefficient (Wildman–Crippen LogP) is 7.50. The van der Waals surface area contributed by atoms with Crippen molar-refractivity contribution in [2.45, 2.75) is 13.8 Å². The third kappa shape index (κ3) is 3.77. The van der Waals surface area contributed by atoms with Gasteiger partial charge in [-0.3, -0.25) is 0 Å². The van der Waals surface area contributed by atoms with Gasteiger partial charge in [0, 0.05) is 11.1 Å². The Labute approximate surface area is 165 Å². The van der Waals surface area contributed by atoms with Gasteiger partial charge in [0.15, 0.2) is 0 Å². The summed E-state index contributed by atoms with van der Waals surface area (Å²) in [5.74, 6) is 0. The first-order valence-electron chi connectivity index (χ1n) is 9.32. The van der Waals surface area contributed by atoms with Gasteiger partial charge in [-0.25, -0.2) is 0 Å². The van der Waals surface area contributed by atoms with Crippen molar-refractivity contribution in [2.75, 3.05) is 0 Å². The Balaban J connectivity index is 1.72. The molecular weight excluding hydrogens is 344 g/mol. The summed E-state index contributed by atoms with van der Waals surface area (Å²) in [6.45, 7) is 4.10. The summed E-state index contributed by atoms with van der Waals surface area (Å²) in [4.78, 5) is 0. The molecule has 0 aliphatic rings. The van der Waals surface area contributed by atoms with Gasteiger partial charge in [-0.15, -0.1) is 0 Å². The van der Waals surface area contributed by atoms with Crippen LogP contribution in [0.4, 0.5) is 0 Å². The number of hydrogen-bond acceptors (Lipinski definition) is 2. The van der Waals surface area contributed by atoms with Crippen LogP contribution in [0.2, 0.25) is 0 Å². The van der Waals surface area contributed by atoms with Crippen molar-refractivity contribution in [1.29, 1.82) is 0 Å². The van der Waals surface area contributed by atoms with Gasteiger partial charge >= 0.3 is 0 Å². The summed E-state index contributed by atoms with van der Waals surface area (Å²) in [7, 11) is 0. The average molecular weight is 366 g/mol. The van der Waals surface area contributed by atoms with Crippen LogP contribution < -0.4 is 0 Å². The molecular formula is C26H22O2. The molecule has 4 rings (SSSR count). The molecule has 0 radical (unpaired) electrons. The number of hydrogen-bond donors (Lipinski definition) is 0. The van der Waals surface area contributed by atoms with E-state index in [1.807, 2.05) is 13.8 Å². The topological polar surface area (TPSA) is 26.3 Å². The largest absolute Gasteiger partial charge is 0.472 e. The van der Waals surface area contributed by atoms with Gasteiger partial charge in [-0.1, -0.05) is 72.8 Å². The Bertz CT molecular complexity index is 1050. The van der Waals surface area contributed by atoms with E-state index in [9.17, 15) is 0 Å². The van der Waals surface area contributed by atoms with Gasteiger partial charge in [-0.05, 0) is 47.2 Å². The molecule has 0 saturated carbocycles. The molecule has 138 valence electrons. The molecule has 4 aromatic rings. The lowest BCUT2D eigenvalue weighted by Crippen LogP contribution is -1.87. The quantitative estimate of drug-likeness (QED) is 0.365. The first kappa shape index (κ1) is 17.9. The van der Waals surface area contributed by atoms with Crippen molar-refractivity contribution in [3.63, 3.8) is 0 Å². The molecule has 0 spiro atoms. The maximum atomic E-state index is 5.28. The van der Waals surface area contributed by atoms with Crippen molar-refractivity contribution >= 4 is 24.3 Å². The Hall–Kier alpha value is -3.52. The molecule has 2 aromatic carbocycles. The predicted molar refractivity (Wildman–Crippen MR) is 117 cm³/mol. The zero-order valence-electron chi connectivity index (χ0n) is 16.1. The summed E-state index contributed by atoms with van der Waals surface area (Å²) in [6.07, 6.45) is 15.6. The van der Waals surface area contributed by atoms with Crippen molar-refractivity contribution in [3.8, 4) is 11.1 Å². The maximum Gasteiger partial charge on any atom is 0.0977 e. The Morgan fingerprint density at radius 3 is 1.29 bits per heavy atom. The van der Waals surface area contributed by atoms with Gasteiger partial charge in [0.1, 0.15) is 0 Å². The van der Waals surface area contributed by atoms with E-state index in [1.54, 1.807) is 25.1 Å². The highest BCUT2D eigenvalue weighted by atomic mass is 16.3. The van der Waals surface area contributed by atoms with Crippen LogP contribution in [-0.2, 0) is 0 Å². The molecule has 0 bridgehead atoms. The van der Waals surface area contributed by atoms with E-state index < -0.39 is 0 Å². The van der Waals surface area contributed by atoms with E-state index in [0.717, 1.165) is 22.3 Å². The molecule has 0 aliphatic heterocycles. The van der Waals surface area contributed by atoms with Crippen molar-refractivity contribution in [2.24, 2.45) is 0 Å². The summed E-state index contributed by atoms with van der Waals surface area (Å²) in [5, 5.41) is 0. The Morgan fingerprint density at radius 2 is 0.893 bits per heavy atom. The molecule has 2 aromatic heterocycles. The lowest BCUT2D eigenvalue weighted by Gasteiger charge is -2.10. The molecule has 2 nitrogen and oxygen atoms in total. The second kappa shape index (κ2) is 8.01. The van der Waals surface area contributed by atoms with Crippen LogP contribution in [0, 0.1) is 13.8 Å². The molecule has 0 aliphatic carbocycles. The molecule has 0 unspecified atom stereocenters. The van der Waals surface area contributed by atoms with E-state index in [4.69, 9.17) is 8.83 Å². The van der Waals surface area contributed by atoms with Gasteiger partial charge in [0.25, 0.3) is 0 Å². The van der Waals surface area contributed by atoms with Crippen molar-refractivity contribution in [3.05, 3.63) is 107 Å². The fourth-order valence-electron chi connectivity index (χ4n) is 3.22. The van der Waals surface area contributed by atoms with Crippen molar-refractivity contribution < 1.29 is 8.83 Å². The van der Waals surface area contributed by atoms with Gasteiger partial charge in [0.2, 0.25) is 0 Å². The second-order valence-electron chi connectivity index (χ2n) is 6.86. The van der Waals surface area contributed by atoms with E-state index in [2.05, 4.69) is 72.8 Å². The lowest BCUT2D eigenvalue weighted by atomic mass is 9.94. The number of furan rings is 2. The van der Waals surface area contributed by atoms with Gasteiger partial charge < -0.3 is 8.83 Å². The van der Waals surface area contributed by atoms with E-state index >= 15 is 0 Å². The summed E-state index contributed by atoms with van der Waals surface area (Å²) in [5.41, 5.74) is 9.19. The Kier molecular flexibility index (Phi) is 5.11. The summed E-state index contributed by atoms with van der Waals surface area (Å²) >= 11 is 0. The van der Waals surface area contributed by atoms with E-state index in [0.29, 0.717) is 0 Å². The first-order valence-corrected chi connectivity index (χ1v) is 9.32. The van der Waals surface area contributed by atoms with E-state index in [1.165, 1.54) is 22.3 Å². The molecule has 0 atom stereocenters. The molecule has 0 saturated heterocycles. The zero-order valence-corrected chi connectivity index (χ0v) is 16.1. The monoisotopic (exact) mass is 366 g/mol. The minimum Gasteiger partial charge on any atom is -0.472 e. The molecule has 2 heteroatoms. The minimum atomic E-state index is 1.10. The molecule has 28 heavy (non-hydrogen) atoms. The van der Waals surface area contributed by atoms with Crippen LogP contribution in [0.15, 0.2) is 82.4 Å². The van der Waals surface area contributed by atoms with Crippen LogP contribution in [-0.4, -0.2) is 0 Å². The molecule has 0 amide bonds. The second-order valence-corrected chi connectivity index (χ2v) is 6.86. The highest BCUT2D eigenvalue weighted by Gasteiger charge is 2.07. The van der Waals surface area contributed by atoms with Crippen LogP contribution in [0.3, 0.4) is 0 Å². The van der Waals surface area contributed by atoms with Crippen LogP contribution in [0.25, 0.3) is 35.4 Å². The first-order chi connectivity index (χ1) is 13.7. The fraction of sp³-hybridized carbons (Fsp3) is 0.0769.